The Labute approximate surface area is 125 Å². The predicted octanol–water partition coefficient (Wildman–Crippen LogP) is 2.77. The minimum atomic E-state index is -0.662. The monoisotopic (exact) mass is 293 g/mol. The first-order chi connectivity index (χ1) is 9.88. The zero-order chi connectivity index (χ0) is 15.5. The Balaban J connectivity index is 1.76. The summed E-state index contributed by atoms with van der Waals surface area (Å²) in [5, 5.41) is 10.1. The number of aryl methyl sites for hydroxylation is 1. The van der Waals surface area contributed by atoms with Gasteiger partial charge in [0.15, 0.2) is 0 Å². The smallest absolute Gasteiger partial charge is 0.222 e. The summed E-state index contributed by atoms with van der Waals surface area (Å²) in [6, 6.07) is 6.43. The molecule has 0 radical (unpaired) electrons. The molecule has 21 heavy (non-hydrogen) atoms. The maximum atomic E-state index is 12.8. The average Bonchev–Trinajstić information content (AvgIpc) is 2.44. The fourth-order valence-corrected chi connectivity index (χ4v) is 2.71. The number of rotatable bonds is 4. The lowest BCUT2D eigenvalue weighted by Gasteiger charge is -2.41. The van der Waals surface area contributed by atoms with Crippen LogP contribution in [0, 0.1) is 11.7 Å². The molecule has 1 fully saturated rings. The summed E-state index contributed by atoms with van der Waals surface area (Å²) in [6.07, 6.45) is 2.70. The van der Waals surface area contributed by atoms with Crippen LogP contribution in [0.4, 0.5) is 4.39 Å². The van der Waals surface area contributed by atoms with Crippen molar-refractivity contribution < 1.29 is 14.3 Å². The van der Waals surface area contributed by atoms with Crippen molar-refractivity contribution in [1.29, 1.82) is 0 Å². The summed E-state index contributed by atoms with van der Waals surface area (Å²) in [5.74, 6) is 0.0240. The van der Waals surface area contributed by atoms with Gasteiger partial charge in [-0.3, -0.25) is 4.79 Å². The van der Waals surface area contributed by atoms with Crippen molar-refractivity contribution >= 4 is 5.91 Å². The van der Waals surface area contributed by atoms with Crippen molar-refractivity contribution in [1.82, 2.24) is 4.90 Å². The van der Waals surface area contributed by atoms with Crippen molar-refractivity contribution in [2.45, 2.75) is 45.1 Å². The third kappa shape index (κ3) is 4.27. The van der Waals surface area contributed by atoms with Crippen molar-refractivity contribution in [2.24, 2.45) is 5.92 Å². The first-order valence-corrected chi connectivity index (χ1v) is 7.63. The molecule has 0 aromatic heterocycles. The molecule has 1 aromatic rings. The van der Waals surface area contributed by atoms with E-state index in [0.29, 0.717) is 25.9 Å². The number of likely N-dealkylation sites (tertiary alicyclic amines) is 1. The van der Waals surface area contributed by atoms with Crippen molar-refractivity contribution in [3.63, 3.8) is 0 Å². The second-order valence-electron chi connectivity index (χ2n) is 6.33. The Morgan fingerprint density at radius 2 is 2.10 bits per heavy atom. The van der Waals surface area contributed by atoms with Gasteiger partial charge in [-0.25, -0.2) is 4.39 Å². The number of benzene rings is 1. The van der Waals surface area contributed by atoms with E-state index in [9.17, 15) is 14.3 Å². The number of amides is 1. The number of hydrogen-bond donors (Lipinski definition) is 1. The molecule has 1 heterocycles. The van der Waals surface area contributed by atoms with E-state index < -0.39 is 5.60 Å². The molecule has 0 aliphatic carbocycles. The van der Waals surface area contributed by atoms with E-state index in [2.05, 4.69) is 0 Å². The van der Waals surface area contributed by atoms with Gasteiger partial charge in [0.25, 0.3) is 0 Å². The first-order valence-electron chi connectivity index (χ1n) is 7.63. The fraction of sp³-hybridized carbons (Fsp3) is 0.588. The highest BCUT2D eigenvalue weighted by atomic mass is 19.1. The highest BCUT2D eigenvalue weighted by Crippen LogP contribution is 2.27. The lowest BCUT2D eigenvalue weighted by Crippen LogP contribution is -2.50. The van der Waals surface area contributed by atoms with E-state index in [1.165, 1.54) is 12.1 Å². The van der Waals surface area contributed by atoms with Gasteiger partial charge in [-0.15, -0.1) is 0 Å². The molecule has 1 saturated heterocycles. The molecule has 0 bridgehead atoms. The van der Waals surface area contributed by atoms with Crippen LogP contribution in [0.15, 0.2) is 24.3 Å². The number of carbonyl (C=O) groups excluding carboxylic acids is 1. The number of piperidine rings is 1. The van der Waals surface area contributed by atoms with Gasteiger partial charge in [0.2, 0.25) is 5.91 Å². The van der Waals surface area contributed by atoms with Crippen LogP contribution in [0.3, 0.4) is 0 Å². The molecule has 0 saturated carbocycles. The van der Waals surface area contributed by atoms with Crippen LogP contribution in [-0.4, -0.2) is 34.6 Å². The number of carbonyl (C=O) groups is 1. The zero-order valence-corrected chi connectivity index (χ0v) is 12.8. The van der Waals surface area contributed by atoms with E-state index in [4.69, 9.17) is 0 Å². The van der Waals surface area contributed by atoms with Crippen molar-refractivity contribution in [2.75, 3.05) is 13.1 Å². The van der Waals surface area contributed by atoms with Gasteiger partial charge in [-0.05, 0) is 43.9 Å². The van der Waals surface area contributed by atoms with Gasteiger partial charge in [0.05, 0.1) is 5.60 Å². The molecule has 2 rings (SSSR count). The number of halogens is 1. The predicted molar refractivity (Wildman–Crippen MR) is 80.3 cm³/mol. The van der Waals surface area contributed by atoms with E-state index in [-0.39, 0.29) is 17.6 Å². The summed E-state index contributed by atoms with van der Waals surface area (Å²) in [7, 11) is 0. The van der Waals surface area contributed by atoms with Gasteiger partial charge in [-0.1, -0.05) is 19.1 Å². The SMILES string of the molecule is C[C@H]1CN(C(=O)CCCc2ccc(F)cc2)CC[C@@]1(C)O. The topological polar surface area (TPSA) is 40.5 Å². The maximum absolute atomic E-state index is 12.8. The quantitative estimate of drug-likeness (QED) is 0.927. The highest BCUT2D eigenvalue weighted by molar-refractivity contribution is 5.76. The van der Waals surface area contributed by atoms with Crippen molar-refractivity contribution in [3.05, 3.63) is 35.6 Å². The maximum Gasteiger partial charge on any atom is 0.222 e. The molecule has 1 aliphatic heterocycles. The molecule has 4 heteroatoms. The molecule has 1 amide bonds. The van der Waals surface area contributed by atoms with Crippen LogP contribution in [0.2, 0.25) is 0 Å². The Morgan fingerprint density at radius 3 is 2.71 bits per heavy atom. The van der Waals surface area contributed by atoms with Crippen molar-refractivity contribution in [3.8, 4) is 0 Å². The largest absolute Gasteiger partial charge is 0.390 e. The second kappa shape index (κ2) is 6.56. The second-order valence-corrected chi connectivity index (χ2v) is 6.33. The Bertz CT molecular complexity index is 484. The highest BCUT2D eigenvalue weighted by Gasteiger charge is 2.35. The Hall–Kier alpha value is -1.42. The van der Waals surface area contributed by atoms with E-state index >= 15 is 0 Å². The van der Waals surface area contributed by atoms with Gasteiger partial charge in [-0.2, -0.15) is 0 Å². The van der Waals surface area contributed by atoms with Crippen LogP contribution in [0.25, 0.3) is 0 Å². The Kier molecular flexibility index (Phi) is 4.99. The minimum Gasteiger partial charge on any atom is -0.390 e. The summed E-state index contributed by atoms with van der Waals surface area (Å²) in [5.41, 5.74) is 0.393. The molecule has 0 spiro atoms. The molecular weight excluding hydrogens is 269 g/mol. The van der Waals surface area contributed by atoms with Crippen LogP contribution < -0.4 is 0 Å². The van der Waals surface area contributed by atoms with E-state index in [1.54, 1.807) is 12.1 Å². The number of nitrogens with zero attached hydrogens (tertiary/aromatic N) is 1. The third-order valence-electron chi connectivity index (χ3n) is 4.57. The van der Waals surface area contributed by atoms with Crippen LogP contribution in [-0.2, 0) is 11.2 Å². The fourth-order valence-electron chi connectivity index (χ4n) is 2.71. The molecule has 1 N–H and O–H groups in total. The minimum absolute atomic E-state index is 0.104. The molecule has 2 atom stereocenters. The molecule has 3 nitrogen and oxygen atoms in total. The average molecular weight is 293 g/mol. The Morgan fingerprint density at radius 1 is 1.43 bits per heavy atom. The lowest BCUT2D eigenvalue weighted by molar-refractivity contribution is -0.138. The molecule has 0 unspecified atom stereocenters. The van der Waals surface area contributed by atoms with Gasteiger partial charge in [0.1, 0.15) is 5.82 Å². The number of aliphatic hydroxyl groups is 1. The van der Waals surface area contributed by atoms with E-state index in [0.717, 1.165) is 18.4 Å². The normalized spacial score (nSPS) is 25.9. The van der Waals surface area contributed by atoms with E-state index in [1.807, 2.05) is 18.7 Å². The zero-order valence-electron chi connectivity index (χ0n) is 12.8. The summed E-state index contributed by atoms with van der Waals surface area (Å²) in [4.78, 5) is 14.0. The molecular formula is C17H24FNO2. The van der Waals surface area contributed by atoms with Gasteiger partial charge < -0.3 is 10.0 Å². The summed E-state index contributed by atoms with van der Waals surface area (Å²) < 4.78 is 12.8. The van der Waals surface area contributed by atoms with Crippen LogP contribution in [0.1, 0.15) is 38.7 Å². The first kappa shape index (κ1) is 16.0. The number of hydrogen-bond acceptors (Lipinski definition) is 2. The van der Waals surface area contributed by atoms with Crippen LogP contribution >= 0.6 is 0 Å². The summed E-state index contributed by atoms with van der Waals surface area (Å²) in [6.45, 7) is 5.08. The standard InChI is InChI=1S/C17H24FNO2/c1-13-12-19(11-10-17(13,2)21)16(20)5-3-4-14-6-8-15(18)9-7-14/h6-9,13,21H,3-5,10-12H2,1-2H3/t13-,17+/m0/s1. The lowest BCUT2D eigenvalue weighted by atomic mass is 9.84. The summed E-state index contributed by atoms with van der Waals surface area (Å²) >= 11 is 0. The molecule has 1 aliphatic rings. The van der Waals surface area contributed by atoms with Gasteiger partial charge in [0, 0.05) is 25.4 Å². The van der Waals surface area contributed by atoms with Crippen LogP contribution in [0.5, 0.6) is 0 Å². The van der Waals surface area contributed by atoms with Gasteiger partial charge >= 0.3 is 0 Å². The third-order valence-corrected chi connectivity index (χ3v) is 4.57. The molecule has 1 aromatic carbocycles. The molecule has 116 valence electrons.